The number of benzene rings is 1. The summed E-state index contributed by atoms with van der Waals surface area (Å²) < 4.78 is 0.929. The summed E-state index contributed by atoms with van der Waals surface area (Å²) in [6, 6.07) is 5.50. The van der Waals surface area contributed by atoms with Crippen LogP contribution in [0.25, 0.3) is 0 Å². The second-order valence-corrected chi connectivity index (χ2v) is 5.70. The minimum atomic E-state index is -0.182. The molecule has 4 heteroatoms. The van der Waals surface area contributed by atoms with Gasteiger partial charge >= 0.3 is 0 Å². The Morgan fingerprint density at radius 3 is 2.67 bits per heavy atom. The van der Waals surface area contributed by atoms with E-state index in [1.807, 2.05) is 19.9 Å². The Labute approximate surface area is 117 Å². The van der Waals surface area contributed by atoms with Crippen LogP contribution in [0.2, 0.25) is 0 Å². The maximum Gasteiger partial charge on any atom is 0.271 e. The second kappa shape index (κ2) is 6.69. The fourth-order valence-corrected chi connectivity index (χ4v) is 1.96. The fourth-order valence-electron chi connectivity index (χ4n) is 1.58. The summed E-state index contributed by atoms with van der Waals surface area (Å²) in [6.07, 6.45) is 0.887. The number of nitrogens with one attached hydrogen (secondary N) is 1. The lowest BCUT2D eigenvalue weighted by Gasteiger charge is -2.06. The third-order valence-corrected chi connectivity index (χ3v) is 3.34. The zero-order valence-corrected chi connectivity index (χ0v) is 12.8. The number of carbonyl (C=O) groups is 1. The first-order valence-electron chi connectivity index (χ1n) is 5.99. The molecule has 0 spiro atoms. The van der Waals surface area contributed by atoms with Gasteiger partial charge in [-0.05, 0) is 43.9 Å². The quantitative estimate of drug-likeness (QED) is 0.665. The van der Waals surface area contributed by atoms with Gasteiger partial charge in [-0.15, -0.1) is 0 Å². The normalized spacial score (nSPS) is 11.8. The van der Waals surface area contributed by atoms with Crippen LogP contribution in [0, 0.1) is 12.8 Å². The van der Waals surface area contributed by atoms with Gasteiger partial charge in [0.25, 0.3) is 5.91 Å². The molecule has 0 heterocycles. The van der Waals surface area contributed by atoms with E-state index in [9.17, 15) is 4.79 Å². The van der Waals surface area contributed by atoms with Crippen molar-refractivity contribution in [1.29, 1.82) is 0 Å². The molecule has 0 saturated carbocycles. The first-order valence-corrected chi connectivity index (χ1v) is 6.79. The number of hydrazone groups is 1. The molecule has 98 valence electrons. The van der Waals surface area contributed by atoms with Crippen molar-refractivity contribution in [3.8, 4) is 0 Å². The summed E-state index contributed by atoms with van der Waals surface area (Å²) in [5, 5.41) is 4.09. The third-order valence-electron chi connectivity index (χ3n) is 2.49. The van der Waals surface area contributed by atoms with Crippen LogP contribution in [0.1, 0.15) is 43.1 Å². The molecule has 0 saturated heterocycles. The Balaban J connectivity index is 2.68. The van der Waals surface area contributed by atoms with E-state index in [4.69, 9.17) is 0 Å². The highest BCUT2D eigenvalue weighted by atomic mass is 79.9. The molecular weight excluding hydrogens is 292 g/mol. The number of rotatable bonds is 4. The Bertz CT molecular complexity index is 467. The second-order valence-electron chi connectivity index (χ2n) is 4.85. The summed E-state index contributed by atoms with van der Waals surface area (Å²) in [5.74, 6) is 0.359. The Hall–Kier alpha value is -1.16. The van der Waals surface area contributed by atoms with Crippen LogP contribution >= 0.6 is 15.9 Å². The molecule has 0 aliphatic rings. The number of halogens is 1. The fraction of sp³-hybridized carbons (Fsp3) is 0.429. The number of nitrogens with zero attached hydrogens (tertiary/aromatic N) is 1. The highest BCUT2D eigenvalue weighted by Gasteiger charge is 2.06. The lowest BCUT2D eigenvalue weighted by molar-refractivity contribution is 0.0954. The van der Waals surface area contributed by atoms with Gasteiger partial charge in [-0.1, -0.05) is 35.8 Å². The molecule has 1 amide bonds. The zero-order valence-electron chi connectivity index (χ0n) is 11.2. The molecule has 0 radical (unpaired) electrons. The van der Waals surface area contributed by atoms with Gasteiger partial charge in [0.05, 0.1) is 0 Å². The summed E-state index contributed by atoms with van der Waals surface area (Å²) >= 11 is 3.41. The van der Waals surface area contributed by atoms with Crippen molar-refractivity contribution >= 4 is 27.5 Å². The van der Waals surface area contributed by atoms with E-state index in [0.717, 1.165) is 22.2 Å². The lowest BCUT2D eigenvalue weighted by atomic mass is 10.1. The lowest BCUT2D eigenvalue weighted by Crippen LogP contribution is -2.19. The number of hydrogen-bond acceptors (Lipinski definition) is 2. The number of amides is 1. The maximum absolute atomic E-state index is 11.9. The predicted octanol–water partition coefficient (Wildman–Crippen LogP) is 3.91. The first kappa shape index (κ1) is 14.9. The van der Waals surface area contributed by atoms with Crippen molar-refractivity contribution < 1.29 is 4.79 Å². The van der Waals surface area contributed by atoms with E-state index >= 15 is 0 Å². The van der Waals surface area contributed by atoms with Crippen LogP contribution in [-0.2, 0) is 0 Å². The molecule has 1 N–H and O–H groups in total. The molecule has 0 aliphatic heterocycles. The van der Waals surface area contributed by atoms with Gasteiger partial charge in [0.15, 0.2) is 0 Å². The Kier molecular flexibility index (Phi) is 5.54. The molecule has 0 fully saturated rings. The monoisotopic (exact) mass is 310 g/mol. The SMILES string of the molecule is C/C(CC(C)C)=N\NC(=O)c1ccc(C)c(Br)c1. The van der Waals surface area contributed by atoms with Gasteiger partial charge in [-0.2, -0.15) is 5.10 Å². The van der Waals surface area contributed by atoms with Gasteiger partial charge in [-0.25, -0.2) is 5.43 Å². The molecule has 0 unspecified atom stereocenters. The van der Waals surface area contributed by atoms with Crippen molar-refractivity contribution in [2.75, 3.05) is 0 Å². The van der Waals surface area contributed by atoms with Crippen molar-refractivity contribution in [1.82, 2.24) is 5.43 Å². The number of aryl methyl sites for hydroxylation is 1. The first-order chi connectivity index (χ1) is 8.40. The Morgan fingerprint density at radius 2 is 2.11 bits per heavy atom. The summed E-state index contributed by atoms with van der Waals surface area (Å²) in [4.78, 5) is 11.9. The van der Waals surface area contributed by atoms with Crippen LogP contribution in [0.3, 0.4) is 0 Å². The summed E-state index contributed by atoms with van der Waals surface area (Å²) in [7, 11) is 0. The molecule has 0 aliphatic carbocycles. The van der Waals surface area contributed by atoms with Gasteiger partial charge < -0.3 is 0 Å². The van der Waals surface area contributed by atoms with Gasteiger partial charge in [-0.3, -0.25) is 4.79 Å². The van der Waals surface area contributed by atoms with Crippen molar-refractivity contribution in [3.05, 3.63) is 33.8 Å². The minimum Gasteiger partial charge on any atom is -0.267 e. The Morgan fingerprint density at radius 1 is 1.44 bits per heavy atom. The van der Waals surface area contributed by atoms with Crippen molar-refractivity contribution in [2.45, 2.75) is 34.1 Å². The average Bonchev–Trinajstić information content (AvgIpc) is 2.28. The maximum atomic E-state index is 11.9. The van der Waals surface area contributed by atoms with E-state index in [-0.39, 0.29) is 5.91 Å². The summed E-state index contributed by atoms with van der Waals surface area (Å²) in [6.45, 7) is 8.15. The smallest absolute Gasteiger partial charge is 0.267 e. The molecule has 1 aromatic carbocycles. The molecule has 18 heavy (non-hydrogen) atoms. The highest BCUT2D eigenvalue weighted by molar-refractivity contribution is 9.10. The van der Waals surface area contributed by atoms with Gasteiger partial charge in [0, 0.05) is 15.7 Å². The molecule has 0 aromatic heterocycles. The molecule has 3 nitrogen and oxygen atoms in total. The molecular formula is C14H19BrN2O. The third kappa shape index (κ3) is 4.61. The van der Waals surface area contributed by atoms with Crippen LogP contribution in [0.5, 0.6) is 0 Å². The average molecular weight is 311 g/mol. The van der Waals surface area contributed by atoms with Crippen LogP contribution in [0.15, 0.2) is 27.8 Å². The largest absolute Gasteiger partial charge is 0.271 e. The zero-order chi connectivity index (χ0) is 13.7. The van der Waals surface area contributed by atoms with E-state index in [2.05, 4.69) is 40.3 Å². The van der Waals surface area contributed by atoms with Crippen LogP contribution < -0.4 is 5.43 Å². The van der Waals surface area contributed by atoms with E-state index < -0.39 is 0 Å². The number of carbonyl (C=O) groups excluding carboxylic acids is 1. The van der Waals surface area contributed by atoms with E-state index in [1.165, 1.54) is 0 Å². The van der Waals surface area contributed by atoms with Crippen molar-refractivity contribution in [2.24, 2.45) is 11.0 Å². The molecule has 0 bridgehead atoms. The van der Waals surface area contributed by atoms with Crippen molar-refractivity contribution in [3.63, 3.8) is 0 Å². The number of hydrogen-bond donors (Lipinski definition) is 1. The van der Waals surface area contributed by atoms with Gasteiger partial charge in [0.1, 0.15) is 0 Å². The molecule has 0 atom stereocenters. The van der Waals surface area contributed by atoms with E-state index in [1.54, 1.807) is 12.1 Å². The predicted molar refractivity (Wildman–Crippen MR) is 78.9 cm³/mol. The topological polar surface area (TPSA) is 41.5 Å². The van der Waals surface area contributed by atoms with Crippen LogP contribution in [0.4, 0.5) is 0 Å². The molecule has 1 aromatic rings. The highest BCUT2D eigenvalue weighted by Crippen LogP contribution is 2.17. The minimum absolute atomic E-state index is 0.182. The van der Waals surface area contributed by atoms with E-state index in [0.29, 0.717) is 11.5 Å². The summed E-state index contributed by atoms with van der Waals surface area (Å²) in [5.41, 5.74) is 5.22. The molecule has 1 rings (SSSR count). The van der Waals surface area contributed by atoms with Crippen LogP contribution in [-0.4, -0.2) is 11.6 Å². The standard InChI is InChI=1S/C14H19BrN2O/c1-9(2)7-11(4)16-17-14(18)12-6-5-10(3)13(15)8-12/h5-6,8-9H,7H2,1-4H3,(H,17,18)/b16-11+. The van der Waals surface area contributed by atoms with Gasteiger partial charge in [0.2, 0.25) is 0 Å².